The molecule has 1 aliphatic carbocycles. The molecule has 0 aromatic heterocycles. The Morgan fingerprint density at radius 1 is 1.30 bits per heavy atom. The molecule has 5 heteroatoms. The first-order valence-electron chi connectivity index (χ1n) is 10.2. The smallest absolute Gasteiger partial charge is 0.303 e. The van der Waals surface area contributed by atoms with Crippen molar-refractivity contribution in [2.45, 2.75) is 90.5 Å². The number of aliphatic hydroxyl groups is 2. The van der Waals surface area contributed by atoms with E-state index in [2.05, 4.69) is 6.92 Å². The Morgan fingerprint density at radius 2 is 2.00 bits per heavy atom. The van der Waals surface area contributed by atoms with Gasteiger partial charge in [0.05, 0.1) is 12.2 Å². The molecule has 0 spiro atoms. The minimum absolute atomic E-state index is 0.127. The van der Waals surface area contributed by atoms with Crippen molar-refractivity contribution in [3.63, 3.8) is 0 Å². The monoisotopic (exact) mass is 384 g/mol. The molecule has 0 aliphatic heterocycles. The average Bonchev–Trinajstić information content (AvgIpc) is 2.86. The largest absolute Gasteiger partial charge is 0.481 e. The number of aliphatic carboxylic acids is 1. The van der Waals surface area contributed by atoms with Gasteiger partial charge < -0.3 is 15.3 Å². The molecule has 0 saturated heterocycles. The van der Waals surface area contributed by atoms with Gasteiger partial charge in [0.2, 0.25) is 0 Å². The van der Waals surface area contributed by atoms with Gasteiger partial charge in [0.25, 0.3) is 0 Å². The molecule has 1 rings (SSSR count). The summed E-state index contributed by atoms with van der Waals surface area (Å²) in [5.74, 6) is -1.42. The fourth-order valence-electron chi connectivity index (χ4n) is 3.68. The molecule has 1 saturated carbocycles. The zero-order chi connectivity index (χ0) is 20.4. The fourth-order valence-corrected chi connectivity index (χ4v) is 3.68. The number of rotatable bonds is 12. The number of unbranched alkanes of at least 4 members (excludes halogenated alkanes) is 2. The average molecular weight is 385 g/mol. The molecule has 1 fully saturated rings. The molecular weight excluding hydrogens is 347 g/mol. The molecule has 0 aromatic carbocycles. The predicted octanol–water partition coefficient (Wildman–Crippen LogP) is 4.66. The van der Waals surface area contributed by atoms with Gasteiger partial charge in [0.1, 0.15) is 6.17 Å². The minimum atomic E-state index is -1.07. The van der Waals surface area contributed by atoms with Crippen LogP contribution in [-0.4, -0.2) is 39.7 Å². The number of hydrogen-bond donors (Lipinski definition) is 3. The first-order chi connectivity index (χ1) is 12.7. The second kappa shape index (κ2) is 11.6. The lowest BCUT2D eigenvalue weighted by molar-refractivity contribution is -0.137. The van der Waals surface area contributed by atoms with Crippen LogP contribution in [0.3, 0.4) is 0 Å². The van der Waals surface area contributed by atoms with Crippen LogP contribution >= 0.6 is 0 Å². The quantitative estimate of drug-likeness (QED) is 0.338. The Morgan fingerprint density at radius 3 is 2.63 bits per heavy atom. The van der Waals surface area contributed by atoms with E-state index in [0.717, 1.165) is 19.3 Å². The lowest BCUT2D eigenvalue weighted by atomic mass is 9.80. The van der Waals surface area contributed by atoms with E-state index in [-0.39, 0.29) is 30.1 Å². The van der Waals surface area contributed by atoms with E-state index in [0.29, 0.717) is 19.3 Å². The van der Waals surface area contributed by atoms with Crippen molar-refractivity contribution in [3.8, 4) is 0 Å². The van der Waals surface area contributed by atoms with Crippen LogP contribution < -0.4 is 0 Å². The highest BCUT2D eigenvalue weighted by molar-refractivity contribution is 5.66. The van der Waals surface area contributed by atoms with Gasteiger partial charge in [-0.2, -0.15) is 0 Å². The minimum Gasteiger partial charge on any atom is -0.481 e. The zero-order valence-corrected chi connectivity index (χ0v) is 17.0. The third-order valence-electron chi connectivity index (χ3n) is 5.70. The van der Waals surface area contributed by atoms with Crippen molar-refractivity contribution in [3.05, 3.63) is 24.3 Å². The van der Waals surface area contributed by atoms with E-state index in [1.165, 1.54) is 0 Å². The van der Waals surface area contributed by atoms with Crippen LogP contribution in [0.2, 0.25) is 0 Å². The Kier molecular flexibility index (Phi) is 10.2. The molecule has 1 aliphatic rings. The molecule has 3 N–H and O–H groups in total. The van der Waals surface area contributed by atoms with Gasteiger partial charge in [-0.3, -0.25) is 4.79 Å². The highest BCUT2D eigenvalue weighted by Gasteiger charge is 2.41. The lowest BCUT2D eigenvalue weighted by Gasteiger charge is -2.29. The van der Waals surface area contributed by atoms with Gasteiger partial charge in [-0.1, -0.05) is 57.9 Å². The SMILES string of the molecule is CCCCC(C)(C)[C@H](O)/C=C/[C@@H]1[C@@H](C/C=C\CCCC(=O)O)[C@H](F)C[C@H]1O. The molecule has 27 heavy (non-hydrogen) atoms. The fraction of sp³-hybridized carbons (Fsp3) is 0.773. The summed E-state index contributed by atoms with van der Waals surface area (Å²) in [7, 11) is 0. The van der Waals surface area contributed by atoms with Gasteiger partial charge >= 0.3 is 5.97 Å². The normalized spacial score (nSPS) is 27.6. The maximum absolute atomic E-state index is 14.3. The highest BCUT2D eigenvalue weighted by Crippen LogP contribution is 2.39. The number of halogens is 1. The molecule has 0 unspecified atom stereocenters. The number of carbonyl (C=O) groups is 1. The summed E-state index contributed by atoms with van der Waals surface area (Å²) in [5.41, 5.74) is -0.245. The van der Waals surface area contributed by atoms with E-state index in [9.17, 15) is 19.4 Å². The highest BCUT2D eigenvalue weighted by atomic mass is 19.1. The van der Waals surface area contributed by atoms with Crippen molar-refractivity contribution >= 4 is 5.97 Å². The van der Waals surface area contributed by atoms with Crippen LogP contribution in [0.1, 0.15) is 72.1 Å². The van der Waals surface area contributed by atoms with Crippen molar-refractivity contribution in [2.75, 3.05) is 0 Å². The van der Waals surface area contributed by atoms with Gasteiger partial charge in [-0.25, -0.2) is 4.39 Å². The van der Waals surface area contributed by atoms with E-state index in [4.69, 9.17) is 5.11 Å². The van der Waals surface area contributed by atoms with Crippen LogP contribution in [0, 0.1) is 17.3 Å². The summed E-state index contributed by atoms with van der Waals surface area (Å²) in [5, 5.41) is 29.3. The first-order valence-corrected chi connectivity index (χ1v) is 10.2. The number of alkyl halides is 1. The van der Waals surface area contributed by atoms with E-state index in [1.54, 1.807) is 12.2 Å². The van der Waals surface area contributed by atoms with Crippen molar-refractivity contribution < 1.29 is 24.5 Å². The molecule has 0 bridgehead atoms. The van der Waals surface area contributed by atoms with Crippen molar-refractivity contribution in [2.24, 2.45) is 17.3 Å². The van der Waals surface area contributed by atoms with Crippen LogP contribution in [0.25, 0.3) is 0 Å². The summed E-state index contributed by atoms with van der Waals surface area (Å²) in [6, 6.07) is 0. The molecule has 0 aromatic rings. The maximum Gasteiger partial charge on any atom is 0.303 e. The van der Waals surface area contributed by atoms with Crippen LogP contribution in [-0.2, 0) is 4.79 Å². The third kappa shape index (κ3) is 8.14. The number of allylic oxidation sites excluding steroid dienone is 2. The molecular formula is C22H37FO4. The summed E-state index contributed by atoms with van der Waals surface area (Å²) in [4.78, 5) is 10.5. The molecule has 0 heterocycles. The molecule has 4 nitrogen and oxygen atoms in total. The standard InChI is InChI=1S/C22H37FO4/c1-4-5-14-22(2,3)20(25)13-12-17-16(18(23)15-19(17)24)10-8-6-7-9-11-21(26)27/h6,8,12-13,16-20,24-25H,4-5,7,9-11,14-15H2,1-3H3,(H,26,27)/b8-6-,13-12+/t16-,17-,18-,19-,20-/m1/s1. The summed E-state index contributed by atoms with van der Waals surface area (Å²) in [6.07, 6.45) is 9.92. The maximum atomic E-state index is 14.3. The Labute approximate surface area is 163 Å². The molecule has 0 radical (unpaired) electrons. The van der Waals surface area contributed by atoms with Gasteiger partial charge in [0, 0.05) is 24.7 Å². The molecule has 5 atom stereocenters. The van der Waals surface area contributed by atoms with Gasteiger partial charge in [-0.15, -0.1) is 0 Å². The number of carboxylic acid groups (broad SMARTS) is 1. The van der Waals surface area contributed by atoms with E-state index < -0.39 is 24.3 Å². The molecule has 0 amide bonds. The second-order valence-electron chi connectivity index (χ2n) is 8.48. The first kappa shape index (κ1) is 23.8. The Balaban J connectivity index is 2.62. The third-order valence-corrected chi connectivity index (χ3v) is 5.70. The van der Waals surface area contributed by atoms with Crippen molar-refractivity contribution in [1.29, 1.82) is 0 Å². The second-order valence-corrected chi connectivity index (χ2v) is 8.48. The zero-order valence-electron chi connectivity index (χ0n) is 17.0. The summed E-state index contributed by atoms with van der Waals surface area (Å²) >= 11 is 0. The number of hydrogen-bond acceptors (Lipinski definition) is 3. The van der Waals surface area contributed by atoms with Gasteiger partial charge in [-0.05, 0) is 31.1 Å². The van der Waals surface area contributed by atoms with Crippen LogP contribution in [0.4, 0.5) is 4.39 Å². The summed E-state index contributed by atoms with van der Waals surface area (Å²) < 4.78 is 14.3. The summed E-state index contributed by atoms with van der Waals surface area (Å²) in [6.45, 7) is 6.17. The number of carboxylic acids is 1. The Bertz CT molecular complexity index is 501. The number of aliphatic hydroxyl groups excluding tert-OH is 2. The topological polar surface area (TPSA) is 77.8 Å². The molecule has 156 valence electrons. The van der Waals surface area contributed by atoms with Crippen LogP contribution in [0.5, 0.6) is 0 Å². The Hall–Kier alpha value is -1.20. The van der Waals surface area contributed by atoms with E-state index in [1.807, 2.05) is 26.0 Å². The van der Waals surface area contributed by atoms with Gasteiger partial charge in [0.15, 0.2) is 0 Å². The van der Waals surface area contributed by atoms with Crippen LogP contribution in [0.15, 0.2) is 24.3 Å². The van der Waals surface area contributed by atoms with E-state index >= 15 is 0 Å². The van der Waals surface area contributed by atoms with Crippen molar-refractivity contribution in [1.82, 2.24) is 0 Å². The predicted molar refractivity (Wildman–Crippen MR) is 106 cm³/mol. The lowest BCUT2D eigenvalue weighted by Crippen LogP contribution is -2.28.